The first-order valence-electron chi connectivity index (χ1n) is 12.9. The third-order valence-corrected chi connectivity index (χ3v) is 8.12. The van der Waals surface area contributed by atoms with E-state index in [1.165, 1.54) is 58.0 Å². The van der Waals surface area contributed by atoms with Crippen LogP contribution in [-0.4, -0.2) is 30.6 Å². The summed E-state index contributed by atoms with van der Waals surface area (Å²) in [5.74, 6) is 2.32. The van der Waals surface area contributed by atoms with Gasteiger partial charge in [0.25, 0.3) is 0 Å². The summed E-state index contributed by atoms with van der Waals surface area (Å²) in [4.78, 5) is 2.83. The van der Waals surface area contributed by atoms with Crippen molar-refractivity contribution in [2.45, 2.75) is 83.1 Å². The van der Waals surface area contributed by atoms with Gasteiger partial charge in [-0.1, -0.05) is 56.5 Å². The van der Waals surface area contributed by atoms with Gasteiger partial charge in [0, 0.05) is 12.0 Å². The Bertz CT molecular complexity index is 861. The van der Waals surface area contributed by atoms with E-state index in [0.717, 1.165) is 43.6 Å². The highest BCUT2D eigenvalue weighted by atomic mass is 16.5. The number of hydrogen-bond donors (Lipinski definition) is 0. The minimum Gasteiger partial charge on any atom is -0.494 e. The molecule has 31 heavy (non-hydrogen) atoms. The van der Waals surface area contributed by atoms with Crippen molar-refractivity contribution >= 4 is 0 Å². The highest BCUT2D eigenvalue weighted by molar-refractivity contribution is 5.48. The Labute approximate surface area is 189 Å². The first kappa shape index (κ1) is 21.1. The van der Waals surface area contributed by atoms with Crippen LogP contribution in [-0.2, 0) is 12.8 Å². The molecular formula is C29H39NO. The predicted molar refractivity (Wildman–Crippen MR) is 129 cm³/mol. The minimum absolute atomic E-state index is 0.521. The van der Waals surface area contributed by atoms with Crippen LogP contribution in [0.3, 0.4) is 0 Å². The Morgan fingerprint density at radius 1 is 0.839 bits per heavy atom. The lowest BCUT2D eigenvalue weighted by atomic mass is 9.74. The van der Waals surface area contributed by atoms with Crippen molar-refractivity contribution < 1.29 is 4.74 Å². The van der Waals surface area contributed by atoms with Gasteiger partial charge in [0.2, 0.25) is 0 Å². The molecule has 0 amide bonds. The van der Waals surface area contributed by atoms with Crippen LogP contribution < -0.4 is 4.74 Å². The standard InChI is InChI=1S/C29H39NO/c1-2-20-31-26-15-14-23-13-12-22-8-6-7-11-27(22)29(28(23)21-26)24-16-18-30(19-17-24)25-9-4-3-5-10-25/h6-8,11,14-15,21,24-25,29H,2-5,9-10,12-13,16-20H2,1H3. The lowest BCUT2D eigenvalue weighted by molar-refractivity contribution is 0.102. The molecule has 1 atom stereocenters. The fourth-order valence-corrected chi connectivity index (χ4v) is 6.47. The summed E-state index contributed by atoms with van der Waals surface area (Å²) < 4.78 is 6.07. The fourth-order valence-electron chi connectivity index (χ4n) is 6.47. The van der Waals surface area contributed by atoms with Crippen LogP contribution in [0.1, 0.15) is 86.5 Å². The zero-order chi connectivity index (χ0) is 21.0. The van der Waals surface area contributed by atoms with E-state index in [4.69, 9.17) is 4.74 Å². The number of hydrogen-bond acceptors (Lipinski definition) is 2. The molecule has 2 nitrogen and oxygen atoms in total. The van der Waals surface area contributed by atoms with Gasteiger partial charge in [-0.25, -0.2) is 0 Å². The second-order valence-corrected chi connectivity index (χ2v) is 10.1. The van der Waals surface area contributed by atoms with Gasteiger partial charge < -0.3 is 9.64 Å². The molecule has 1 saturated carbocycles. The number of likely N-dealkylation sites (tertiary alicyclic amines) is 1. The third kappa shape index (κ3) is 4.55. The molecule has 0 bridgehead atoms. The van der Waals surface area contributed by atoms with Gasteiger partial charge >= 0.3 is 0 Å². The average Bonchev–Trinajstić information content (AvgIpc) is 3.00. The van der Waals surface area contributed by atoms with Gasteiger partial charge in [-0.15, -0.1) is 0 Å². The van der Waals surface area contributed by atoms with Crippen LogP contribution in [0.15, 0.2) is 42.5 Å². The molecule has 2 fully saturated rings. The first-order chi connectivity index (χ1) is 15.3. The van der Waals surface area contributed by atoms with Gasteiger partial charge in [-0.05, 0) is 98.3 Å². The molecule has 3 aliphatic rings. The van der Waals surface area contributed by atoms with Gasteiger partial charge in [-0.2, -0.15) is 0 Å². The van der Waals surface area contributed by atoms with Crippen molar-refractivity contribution in [2.24, 2.45) is 5.92 Å². The second kappa shape index (κ2) is 9.77. The first-order valence-corrected chi connectivity index (χ1v) is 12.9. The Morgan fingerprint density at radius 3 is 2.35 bits per heavy atom. The average molecular weight is 418 g/mol. The summed E-state index contributed by atoms with van der Waals surface area (Å²) in [5, 5.41) is 0. The van der Waals surface area contributed by atoms with Crippen molar-refractivity contribution in [3.05, 3.63) is 64.7 Å². The smallest absolute Gasteiger partial charge is 0.119 e. The minimum atomic E-state index is 0.521. The van der Waals surface area contributed by atoms with Crippen LogP contribution in [0, 0.1) is 5.92 Å². The van der Waals surface area contributed by atoms with E-state index in [-0.39, 0.29) is 0 Å². The molecule has 2 aromatic carbocycles. The Morgan fingerprint density at radius 2 is 1.58 bits per heavy atom. The van der Waals surface area contributed by atoms with Crippen molar-refractivity contribution in [2.75, 3.05) is 19.7 Å². The fraction of sp³-hybridized carbons (Fsp3) is 0.586. The van der Waals surface area contributed by atoms with Crippen molar-refractivity contribution in [3.8, 4) is 5.75 Å². The number of aryl methyl sites for hydroxylation is 2. The van der Waals surface area contributed by atoms with Gasteiger partial charge in [0.1, 0.15) is 5.75 Å². The zero-order valence-corrected chi connectivity index (χ0v) is 19.3. The van der Waals surface area contributed by atoms with Crippen LogP contribution in [0.4, 0.5) is 0 Å². The van der Waals surface area contributed by atoms with Crippen molar-refractivity contribution in [1.82, 2.24) is 4.90 Å². The number of benzene rings is 2. The molecule has 0 N–H and O–H groups in total. The molecule has 2 aromatic rings. The Kier molecular flexibility index (Phi) is 6.64. The van der Waals surface area contributed by atoms with E-state index >= 15 is 0 Å². The summed E-state index contributed by atoms with van der Waals surface area (Å²) >= 11 is 0. The summed E-state index contributed by atoms with van der Waals surface area (Å²) in [6, 6.07) is 17.1. The van der Waals surface area contributed by atoms with E-state index in [9.17, 15) is 0 Å². The number of rotatable bonds is 5. The number of piperidine rings is 1. The number of ether oxygens (including phenoxy) is 1. The summed E-state index contributed by atoms with van der Waals surface area (Å²) in [6.45, 7) is 5.56. The second-order valence-electron chi connectivity index (χ2n) is 10.1. The van der Waals surface area contributed by atoms with E-state index in [1.807, 2.05) is 0 Å². The Hall–Kier alpha value is -1.80. The van der Waals surface area contributed by atoms with E-state index in [2.05, 4.69) is 54.3 Å². The molecule has 5 rings (SSSR count). The molecule has 1 heterocycles. The molecular weight excluding hydrogens is 378 g/mol. The highest BCUT2D eigenvalue weighted by Crippen LogP contribution is 2.44. The summed E-state index contributed by atoms with van der Waals surface area (Å²) in [7, 11) is 0. The number of nitrogens with zero attached hydrogens (tertiary/aromatic N) is 1. The Balaban J connectivity index is 1.43. The van der Waals surface area contributed by atoms with Gasteiger partial charge in [-0.3, -0.25) is 0 Å². The summed E-state index contributed by atoms with van der Waals surface area (Å²) in [5.41, 5.74) is 6.24. The molecule has 0 aromatic heterocycles. The molecule has 0 radical (unpaired) electrons. The topological polar surface area (TPSA) is 12.5 Å². The quantitative estimate of drug-likeness (QED) is 0.533. The van der Waals surface area contributed by atoms with E-state index in [1.54, 1.807) is 22.3 Å². The molecule has 1 unspecified atom stereocenters. The van der Waals surface area contributed by atoms with Gasteiger partial charge in [0.05, 0.1) is 6.61 Å². The van der Waals surface area contributed by atoms with E-state index < -0.39 is 0 Å². The van der Waals surface area contributed by atoms with E-state index in [0.29, 0.717) is 5.92 Å². The maximum absolute atomic E-state index is 6.07. The largest absolute Gasteiger partial charge is 0.494 e. The highest BCUT2D eigenvalue weighted by Gasteiger charge is 2.34. The maximum atomic E-state index is 6.07. The van der Waals surface area contributed by atoms with Crippen molar-refractivity contribution in [1.29, 1.82) is 0 Å². The van der Waals surface area contributed by atoms with Gasteiger partial charge in [0.15, 0.2) is 0 Å². The molecule has 1 aliphatic heterocycles. The molecule has 166 valence electrons. The summed E-state index contributed by atoms with van der Waals surface area (Å²) in [6.07, 6.45) is 13.2. The SMILES string of the molecule is CCCOc1ccc2c(c1)C(C1CCN(C3CCCCC3)CC1)c1ccccc1CC2. The van der Waals surface area contributed by atoms with Crippen LogP contribution >= 0.6 is 0 Å². The third-order valence-electron chi connectivity index (χ3n) is 8.12. The van der Waals surface area contributed by atoms with Crippen LogP contribution in [0.2, 0.25) is 0 Å². The monoisotopic (exact) mass is 417 g/mol. The zero-order valence-electron chi connectivity index (χ0n) is 19.3. The lowest BCUT2D eigenvalue weighted by Gasteiger charge is -2.42. The molecule has 2 heteroatoms. The lowest BCUT2D eigenvalue weighted by Crippen LogP contribution is -2.43. The van der Waals surface area contributed by atoms with Crippen LogP contribution in [0.5, 0.6) is 5.75 Å². The molecule has 2 aliphatic carbocycles. The number of fused-ring (bicyclic) bond motifs is 2. The van der Waals surface area contributed by atoms with Crippen molar-refractivity contribution in [3.63, 3.8) is 0 Å². The maximum Gasteiger partial charge on any atom is 0.119 e. The molecule has 1 saturated heterocycles. The normalized spacial score (nSPS) is 23.1. The van der Waals surface area contributed by atoms with Crippen LogP contribution in [0.25, 0.3) is 0 Å². The predicted octanol–water partition coefficient (Wildman–Crippen LogP) is 6.75. The molecule has 0 spiro atoms.